The van der Waals surface area contributed by atoms with Crippen LogP contribution in [-0.4, -0.2) is 38.4 Å². The fourth-order valence-electron chi connectivity index (χ4n) is 3.00. The van der Waals surface area contributed by atoms with Gasteiger partial charge in [0.05, 0.1) is 11.7 Å². The van der Waals surface area contributed by atoms with Crippen molar-refractivity contribution < 1.29 is 20.1 Å². The van der Waals surface area contributed by atoms with E-state index in [4.69, 9.17) is 5.73 Å². The number of primary amides is 1. The van der Waals surface area contributed by atoms with Crippen molar-refractivity contribution in [1.82, 2.24) is 4.90 Å². The summed E-state index contributed by atoms with van der Waals surface area (Å²) in [6.45, 7) is 1.74. The zero-order valence-corrected chi connectivity index (χ0v) is 12.6. The molecule has 7 nitrogen and oxygen atoms in total. The van der Waals surface area contributed by atoms with Crippen LogP contribution in [0.2, 0.25) is 0 Å². The maximum Gasteiger partial charge on any atom is 0.241 e. The number of phenolic OH excluding ortho intramolecular Hbond substituents is 1. The van der Waals surface area contributed by atoms with Crippen LogP contribution in [-0.2, 0) is 4.79 Å². The second kappa shape index (κ2) is 5.60. The molecule has 0 spiro atoms. The second-order valence-electron chi connectivity index (χ2n) is 5.82. The number of rotatable bonds is 2. The Kier molecular flexibility index (Phi) is 3.75. The van der Waals surface area contributed by atoms with Crippen LogP contribution < -0.4 is 11.1 Å². The highest BCUT2D eigenvalue weighted by molar-refractivity contribution is 5.86. The molecule has 0 fully saturated rings. The van der Waals surface area contributed by atoms with Crippen LogP contribution in [0.15, 0.2) is 36.1 Å². The van der Waals surface area contributed by atoms with Crippen molar-refractivity contribution in [3.05, 3.63) is 47.2 Å². The lowest BCUT2D eigenvalue weighted by atomic mass is 10.1. The van der Waals surface area contributed by atoms with E-state index < -0.39 is 24.4 Å². The van der Waals surface area contributed by atoms with Crippen molar-refractivity contribution >= 4 is 11.6 Å². The minimum Gasteiger partial charge on any atom is -0.505 e. The molecular formula is C16H19N3O4. The summed E-state index contributed by atoms with van der Waals surface area (Å²) >= 11 is 0. The van der Waals surface area contributed by atoms with Crippen molar-refractivity contribution in [2.45, 2.75) is 31.8 Å². The molecular weight excluding hydrogens is 298 g/mol. The number of nitrogens with one attached hydrogen (secondary N) is 1. The van der Waals surface area contributed by atoms with Crippen LogP contribution >= 0.6 is 0 Å². The molecule has 1 aromatic carbocycles. The van der Waals surface area contributed by atoms with Gasteiger partial charge in [-0.05, 0) is 24.5 Å². The lowest BCUT2D eigenvalue weighted by Crippen LogP contribution is -2.41. The summed E-state index contributed by atoms with van der Waals surface area (Å²) in [4.78, 5) is 12.5. The number of hydrogen-bond donors (Lipinski definition) is 5. The van der Waals surface area contributed by atoms with E-state index in [1.165, 1.54) is 6.08 Å². The van der Waals surface area contributed by atoms with Gasteiger partial charge in [0.25, 0.3) is 0 Å². The van der Waals surface area contributed by atoms with Crippen molar-refractivity contribution in [2.24, 2.45) is 5.73 Å². The molecule has 0 bridgehead atoms. The molecule has 3 unspecified atom stereocenters. The molecule has 1 amide bonds. The minimum atomic E-state index is -1.02. The van der Waals surface area contributed by atoms with Crippen LogP contribution in [0.25, 0.3) is 0 Å². The van der Waals surface area contributed by atoms with E-state index in [9.17, 15) is 20.1 Å². The van der Waals surface area contributed by atoms with E-state index >= 15 is 0 Å². The number of amides is 1. The third-order valence-electron chi connectivity index (χ3n) is 4.23. The molecule has 3 rings (SSSR count). The van der Waals surface area contributed by atoms with Gasteiger partial charge in [-0.2, -0.15) is 0 Å². The maximum absolute atomic E-state index is 10.8. The summed E-state index contributed by atoms with van der Waals surface area (Å²) in [6, 6.07) is 2.99. The van der Waals surface area contributed by atoms with Crippen molar-refractivity contribution in [2.75, 3.05) is 5.32 Å². The molecule has 2 heterocycles. The van der Waals surface area contributed by atoms with Gasteiger partial charge in [0.15, 0.2) is 6.23 Å². The van der Waals surface area contributed by atoms with E-state index in [0.29, 0.717) is 23.2 Å². The van der Waals surface area contributed by atoms with Crippen molar-refractivity contribution in [3.63, 3.8) is 0 Å². The Balaban J connectivity index is 1.99. The number of anilines is 1. The summed E-state index contributed by atoms with van der Waals surface area (Å²) in [5.74, 6) is -0.544. The largest absolute Gasteiger partial charge is 0.505 e. The molecule has 0 saturated carbocycles. The lowest BCUT2D eigenvalue weighted by molar-refractivity contribution is -0.113. The molecule has 1 aromatic rings. The zero-order valence-electron chi connectivity index (χ0n) is 12.6. The van der Waals surface area contributed by atoms with Gasteiger partial charge < -0.3 is 31.3 Å². The maximum atomic E-state index is 10.8. The molecule has 0 aliphatic carbocycles. The molecule has 0 saturated heterocycles. The van der Waals surface area contributed by atoms with Gasteiger partial charge in [-0.15, -0.1) is 0 Å². The van der Waals surface area contributed by atoms with Gasteiger partial charge in [-0.3, -0.25) is 4.79 Å². The number of aliphatic hydroxyl groups excluding tert-OH is 2. The zero-order chi connectivity index (χ0) is 16.7. The Hall–Kier alpha value is -2.51. The molecule has 6 N–H and O–H groups in total. The number of hydrogen-bond acceptors (Lipinski definition) is 6. The highest BCUT2D eigenvalue weighted by atomic mass is 16.3. The van der Waals surface area contributed by atoms with Gasteiger partial charge in [0.2, 0.25) is 5.91 Å². The van der Waals surface area contributed by atoms with Crippen LogP contribution in [0.1, 0.15) is 23.8 Å². The molecule has 0 aromatic heterocycles. The van der Waals surface area contributed by atoms with Crippen LogP contribution in [0.3, 0.4) is 0 Å². The number of nitrogens with two attached hydrogens (primary N) is 1. The highest BCUT2D eigenvalue weighted by Crippen LogP contribution is 2.42. The molecule has 0 radical (unpaired) electrons. The fraction of sp³-hybridized carbons (Fsp3) is 0.312. The fourth-order valence-corrected chi connectivity index (χ4v) is 3.00. The van der Waals surface area contributed by atoms with E-state index in [1.54, 1.807) is 36.2 Å². The van der Waals surface area contributed by atoms with Crippen LogP contribution in [0.5, 0.6) is 5.75 Å². The van der Waals surface area contributed by atoms with Crippen molar-refractivity contribution in [1.29, 1.82) is 0 Å². The van der Waals surface area contributed by atoms with E-state index in [2.05, 4.69) is 5.32 Å². The van der Waals surface area contributed by atoms with E-state index in [-0.39, 0.29) is 5.75 Å². The summed E-state index contributed by atoms with van der Waals surface area (Å²) in [5, 5.41) is 34.1. The first-order chi connectivity index (χ1) is 10.9. The molecule has 2 aliphatic heterocycles. The molecule has 23 heavy (non-hydrogen) atoms. The number of benzene rings is 1. The van der Waals surface area contributed by atoms with Gasteiger partial charge in [-0.25, -0.2) is 0 Å². The first-order valence-electron chi connectivity index (χ1n) is 7.29. The number of fused-ring (bicyclic) bond motifs is 2. The Morgan fingerprint density at radius 1 is 1.43 bits per heavy atom. The third kappa shape index (κ3) is 2.64. The predicted octanol–water partition coefficient (Wildman–Crippen LogP) is 0.435. The second-order valence-corrected chi connectivity index (χ2v) is 5.82. The number of carbonyl (C=O) groups excluding carboxylic acids is 1. The quantitative estimate of drug-likeness (QED) is 0.399. The van der Waals surface area contributed by atoms with E-state index in [1.807, 2.05) is 0 Å². The van der Waals surface area contributed by atoms with Gasteiger partial charge in [-0.1, -0.05) is 18.2 Å². The van der Waals surface area contributed by atoms with Gasteiger partial charge in [0, 0.05) is 17.8 Å². The number of aliphatic hydroxyl groups is 2. The number of aromatic hydroxyl groups is 1. The average Bonchev–Trinajstić information content (AvgIpc) is 2.90. The Bertz CT molecular complexity index is 714. The number of aryl methyl sites for hydroxylation is 1. The van der Waals surface area contributed by atoms with Gasteiger partial charge >= 0.3 is 0 Å². The normalized spacial score (nSPS) is 26.3. The Morgan fingerprint density at radius 2 is 2.17 bits per heavy atom. The lowest BCUT2D eigenvalue weighted by Gasteiger charge is -2.29. The highest BCUT2D eigenvalue weighted by Gasteiger charge is 2.39. The summed E-state index contributed by atoms with van der Waals surface area (Å²) < 4.78 is 0. The number of phenols is 1. The average molecular weight is 317 g/mol. The first-order valence-corrected chi connectivity index (χ1v) is 7.29. The standard InChI is InChI=1S/C16H19N3O4/c1-8-2-4-10-13(14(8)21)18-15(22)11-6-9(3-5-12(17)20)7-19(11)16(10)23/h2-5,7,11,15-16,18,21-23H,6H2,1H3,(H2,17,20). The molecule has 122 valence electrons. The predicted molar refractivity (Wildman–Crippen MR) is 84.1 cm³/mol. The Labute approximate surface area is 133 Å². The van der Waals surface area contributed by atoms with Crippen LogP contribution in [0, 0.1) is 6.92 Å². The first kappa shape index (κ1) is 15.4. The number of nitrogens with zero attached hydrogens (tertiary/aromatic N) is 1. The summed E-state index contributed by atoms with van der Waals surface area (Å²) in [7, 11) is 0. The van der Waals surface area contributed by atoms with Crippen molar-refractivity contribution in [3.8, 4) is 5.75 Å². The molecule has 3 atom stereocenters. The topological polar surface area (TPSA) is 119 Å². The minimum absolute atomic E-state index is 0.0135. The number of allylic oxidation sites excluding steroid dienone is 1. The van der Waals surface area contributed by atoms with Gasteiger partial charge in [0.1, 0.15) is 12.0 Å². The summed E-state index contributed by atoms with van der Waals surface area (Å²) in [6.07, 6.45) is 2.92. The summed E-state index contributed by atoms with van der Waals surface area (Å²) in [5.41, 5.74) is 7.32. The molecule has 7 heteroatoms. The van der Waals surface area contributed by atoms with E-state index in [0.717, 1.165) is 5.57 Å². The number of carbonyl (C=O) groups is 1. The SMILES string of the molecule is Cc1ccc2c(c1O)NC(O)C1CC(C=CC(N)=O)=CN1C2O. The van der Waals surface area contributed by atoms with Crippen LogP contribution in [0.4, 0.5) is 5.69 Å². The Morgan fingerprint density at radius 3 is 2.87 bits per heavy atom. The monoisotopic (exact) mass is 317 g/mol. The third-order valence-corrected chi connectivity index (χ3v) is 4.23. The smallest absolute Gasteiger partial charge is 0.241 e. The molecule has 2 aliphatic rings.